The molecule has 0 aliphatic carbocycles. The van der Waals surface area contributed by atoms with E-state index in [1.54, 1.807) is 23.5 Å². The van der Waals surface area contributed by atoms with Crippen molar-refractivity contribution >= 4 is 27.9 Å². The molecule has 0 bridgehead atoms. The van der Waals surface area contributed by atoms with Gasteiger partial charge in [0.1, 0.15) is 5.75 Å². The Balaban J connectivity index is 1.69. The summed E-state index contributed by atoms with van der Waals surface area (Å²) in [4.78, 5) is 20.2. The van der Waals surface area contributed by atoms with Gasteiger partial charge in [-0.15, -0.1) is 11.3 Å². The quantitative estimate of drug-likeness (QED) is 0.882. The summed E-state index contributed by atoms with van der Waals surface area (Å²) >= 11 is 1.65. The van der Waals surface area contributed by atoms with Crippen LogP contribution in [0.2, 0.25) is 0 Å². The Morgan fingerprint density at radius 2 is 1.95 bits per heavy atom. The van der Waals surface area contributed by atoms with Crippen LogP contribution < -0.4 is 9.80 Å². The van der Waals surface area contributed by atoms with Gasteiger partial charge in [0.05, 0.1) is 5.56 Å². The number of carbonyl (C=O) groups excluding carboxylic acids is 1. The van der Waals surface area contributed by atoms with Gasteiger partial charge < -0.3 is 14.9 Å². The number of phenolic OH excluding ortho intramolecular Hbond substituents is 1. The fourth-order valence-electron chi connectivity index (χ4n) is 2.54. The second-order valence-corrected chi connectivity index (χ2v) is 5.92. The summed E-state index contributed by atoms with van der Waals surface area (Å²) in [7, 11) is 0. The van der Waals surface area contributed by atoms with Gasteiger partial charge in [-0.2, -0.15) is 0 Å². The van der Waals surface area contributed by atoms with Crippen LogP contribution >= 0.6 is 11.3 Å². The van der Waals surface area contributed by atoms with Crippen molar-refractivity contribution < 1.29 is 9.90 Å². The van der Waals surface area contributed by atoms with Gasteiger partial charge >= 0.3 is 0 Å². The zero-order valence-electron chi connectivity index (χ0n) is 11.8. The number of anilines is 2. The van der Waals surface area contributed by atoms with Gasteiger partial charge in [-0.1, -0.05) is 0 Å². The fourth-order valence-corrected chi connectivity index (χ4v) is 3.24. The molecular formula is C15H17N3O2S. The Morgan fingerprint density at radius 3 is 2.52 bits per heavy atom. The van der Waals surface area contributed by atoms with E-state index in [4.69, 9.17) is 0 Å². The van der Waals surface area contributed by atoms with Gasteiger partial charge in [0, 0.05) is 49.5 Å². The number of aromatic nitrogens is 1. The van der Waals surface area contributed by atoms with Crippen molar-refractivity contribution in [3.8, 4) is 5.75 Å². The highest BCUT2D eigenvalue weighted by molar-refractivity contribution is 7.13. The number of ketones is 1. The normalized spacial score (nSPS) is 15.3. The number of thiazole rings is 1. The minimum Gasteiger partial charge on any atom is -0.507 e. The topological polar surface area (TPSA) is 56.7 Å². The average Bonchev–Trinajstić information content (AvgIpc) is 3.01. The first kappa shape index (κ1) is 13.9. The van der Waals surface area contributed by atoms with Crippen LogP contribution in [-0.2, 0) is 0 Å². The van der Waals surface area contributed by atoms with E-state index in [1.807, 2.05) is 17.6 Å². The minimum atomic E-state index is -0.118. The highest BCUT2D eigenvalue weighted by Crippen LogP contribution is 2.27. The number of rotatable bonds is 3. The number of Topliss-reactive ketones (excluding diaryl/α,β-unsaturated/α-hetero) is 1. The van der Waals surface area contributed by atoms with Crippen molar-refractivity contribution in [2.45, 2.75) is 6.92 Å². The molecule has 5 nitrogen and oxygen atoms in total. The number of hydrogen-bond donors (Lipinski definition) is 1. The SMILES string of the molecule is CC(=O)c1ccc(N2CCN(c3nccs3)CC2)cc1O. The molecule has 21 heavy (non-hydrogen) atoms. The summed E-state index contributed by atoms with van der Waals surface area (Å²) in [5.74, 6) is -0.0602. The van der Waals surface area contributed by atoms with Gasteiger partial charge in [-0.25, -0.2) is 4.98 Å². The number of nitrogens with zero attached hydrogens (tertiary/aromatic N) is 3. The molecule has 0 unspecified atom stereocenters. The molecule has 3 rings (SSSR count). The van der Waals surface area contributed by atoms with Crippen LogP contribution in [0.1, 0.15) is 17.3 Å². The second kappa shape index (κ2) is 5.73. The number of piperazine rings is 1. The molecule has 0 radical (unpaired) electrons. The van der Waals surface area contributed by atoms with Crippen LogP contribution in [0.3, 0.4) is 0 Å². The van der Waals surface area contributed by atoms with Crippen molar-refractivity contribution in [1.82, 2.24) is 4.98 Å². The molecule has 6 heteroatoms. The van der Waals surface area contributed by atoms with Crippen LogP contribution in [0, 0.1) is 0 Å². The molecule has 1 aliphatic rings. The molecule has 0 saturated carbocycles. The summed E-state index contributed by atoms with van der Waals surface area (Å²) in [5, 5.41) is 13.0. The Morgan fingerprint density at radius 1 is 1.24 bits per heavy atom. The number of phenols is 1. The Bertz CT molecular complexity index is 634. The van der Waals surface area contributed by atoms with Crippen LogP contribution in [0.15, 0.2) is 29.8 Å². The molecule has 0 spiro atoms. The first-order valence-corrected chi connectivity index (χ1v) is 7.76. The van der Waals surface area contributed by atoms with Crippen LogP contribution in [-0.4, -0.2) is 42.1 Å². The summed E-state index contributed by atoms with van der Waals surface area (Å²) < 4.78 is 0. The molecule has 1 fully saturated rings. The highest BCUT2D eigenvalue weighted by Gasteiger charge is 2.19. The molecule has 1 aromatic carbocycles. The summed E-state index contributed by atoms with van der Waals surface area (Å²) in [6, 6.07) is 5.27. The monoisotopic (exact) mass is 303 g/mol. The minimum absolute atomic E-state index is 0.0577. The van der Waals surface area contributed by atoms with Crippen molar-refractivity contribution in [3.63, 3.8) is 0 Å². The standard InChI is InChI=1S/C15H17N3O2S/c1-11(19)13-3-2-12(10-14(13)20)17-5-7-18(8-6-17)15-16-4-9-21-15/h2-4,9-10,20H,5-8H2,1H3. The lowest BCUT2D eigenvalue weighted by Gasteiger charge is -2.36. The van der Waals surface area contributed by atoms with Gasteiger partial charge in [-0.05, 0) is 19.1 Å². The van der Waals surface area contributed by atoms with E-state index < -0.39 is 0 Å². The molecule has 0 atom stereocenters. The Hall–Kier alpha value is -2.08. The van der Waals surface area contributed by atoms with Gasteiger partial charge in [0.2, 0.25) is 0 Å². The molecule has 1 N–H and O–H groups in total. The lowest BCUT2D eigenvalue weighted by Crippen LogP contribution is -2.46. The van der Waals surface area contributed by atoms with E-state index in [-0.39, 0.29) is 11.5 Å². The third-order valence-electron chi connectivity index (χ3n) is 3.70. The Labute approximate surface area is 127 Å². The summed E-state index contributed by atoms with van der Waals surface area (Å²) in [6.45, 7) is 5.02. The smallest absolute Gasteiger partial charge is 0.185 e. The maximum absolute atomic E-state index is 11.3. The summed E-state index contributed by atoms with van der Waals surface area (Å²) in [6.07, 6.45) is 1.82. The van der Waals surface area contributed by atoms with Crippen LogP contribution in [0.25, 0.3) is 0 Å². The van der Waals surface area contributed by atoms with Gasteiger partial charge in [0.25, 0.3) is 0 Å². The zero-order valence-corrected chi connectivity index (χ0v) is 12.6. The van der Waals surface area contributed by atoms with Crippen molar-refractivity contribution in [1.29, 1.82) is 0 Å². The predicted octanol–water partition coefficient (Wildman–Crippen LogP) is 2.38. The van der Waals surface area contributed by atoms with Crippen LogP contribution in [0.4, 0.5) is 10.8 Å². The first-order chi connectivity index (χ1) is 10.1. The van der Waals surface area contributed by atoms with Crippen molar-refractivity contribution in [3.05, 3.63) is 35.3 Å². The Kier molecular flexibility index (Phi) is 3.79. The molecular weight excluding hydrogens is 286 g/mol. The second-order valence-electron chi connectivity index (χ2n) is 5.05. The van der Waals surface area contributed by atoms with Gasteiger partial charge in [-0.3, -0.25) is 4.79 Å². The highest BCUT2D eigenvalue weighted by atomic mass is 32.1. The third kappa shape index (κ3) is 2.85. The third-order valence-corrected chi connectivity index (χ3v) is 4.53. The van der Waals surface area contributed by atoms with E-state index >= 15 is 0 Å². The molecule has 0 amide bonds. The molecule has 2 heterocycles. The number of carbonyl (C=O) groups is 1. The lowest BCUT2D eigenvalue weighted by atomic mass is 10.1. The molecule has 1 aliphatic heterocycles. The van der Waals surface area contributed by atoms with E-state index in [1.165, 1.54) is 6.92 Å². The van der Waals surface area contributed by atoms with E-state index in [9.17, 15) is 9.90 Å². The molecule has 1 saturated heterocycles. The van der Waals surface area contributed by atoms with E-state index in [0.717, 1.165) is 37.0 Å². The maximum atomic E-state index is 11.3. The predicted molar refractivity (Wildman–Crippen MR) is 84.7 cm³/mol. The van der Waals surface area contributed by atoms with E-state index in [2.05, 4.69) is 14.8 Å². The number of benzene rings is 1. The average molecular weight is 303 g/mol. The van der Waals surface area contributed by atoms with Gasteiger partial charge in [0.15, 0.2) is 10.9 Å². The zero-order chi connectivity index (χ0) is 14.8. The summed E-state index contributed by atoms with van der Waals surface area (Å²) in [5.41, 5.74) is 1.33. The van der Waals surface area contributed by atoms with Crippen molar-refractivity contribution in [2.75, 3.05) is 36.0 Å². The maximum Gasteiger partial charge on any atom is 0.185 e. The number of aromatic hydroxyl groups is 1. The van der Waals surface area contributed by atoms with Crippen LogP contribution in [0.5, 0.6) is 5.75 Å². The number of hydrogen-bond acceptors (Lipinski definition) is 6. The van der Waals surface area contributed by atoms with E-state index in [0.29, 0.717) is 5.56 Å². The fraction of sp³-hybridized carbons (Fsp3) is 0.333. The molecule has 1 aromatic heterocycles. The van der Waals surface area contributed by atoms with Crippen molar-refractivity contribution in [2.24, 2.45) is 0 Å². The lowest BCUT2D eigenvalue weighted by molar-refractivity contribution is 0.101. The molecule has 110 valence electrons. The molecule has 2 aromatic rings. The first-order valence-electron chi connectivity index (χ1n) is 6.88. The largest absolute Gasteiger partial charge is 0.507 e.